The van der Waals surface area contributed by atoms with E-state index in [1.165, 1.54) is 12.1 Å². The second-order valence-electron chi connectivity index (χ2n) is 5.37. The third-order valence-corrected chi connectivity index (χ3v) is 5.82. The van der Waals surface area contributed by atoms with Gasteiger partial charge in [0, 0.05) is 16.6 Å². The maximum atomic E-state index is 12.2. The highest BCUT2D eigenvalue weighted by molar-refractivity contribution is 9.10. The zero-order valence-electron chi connectivity index (χ0n) is 13.0. The number of sulfone groups is 1. The van der Waals surface area contributed by atoms with Crippen LogP contribution in [0.2, 0.25) is 0 Å². The topological polar surface area (TPSA) is 63.2 Å². The number of carbonyl (C=O) groups excluding carboxylic acids is 1. The van der Waals surface area contributed by atoms with Crippen molar-refractivity contribution in [3.63, 3.8) is 0 Å². The molecule has 0 aromatic heterocycles. The fourth-order valence-electron chi connectivity index (χ4n) is 2.03. The van der Waals surface area contributed by atoms with Crippen molar-refractivity contribution in [2.45, 2.75) is 25.2 Å². The molecule has 0 saturated heterocycles. The van der Waals surface area contributed by atoms with Crippen LogP contribution in [0.25, 0.3) is 0 Å². The van der Waals surface area contributed by atoms with Crippen molar-refractivity contribution in [3.05, 3.63) is 58.1 Å². The van der Waals surface area contributed by atoms with Gasteiger partial charge in [-0.15, -0.1) is 0 Å². The van der Waals surface area contributed by atoms with Gasteiger partial charge in [-0.1, -0.05) is 22.0 Å². The fourth-order valence-corrected chi connectivity index (χ4v) is 3.53. The van der Waals surface area contributed by atoms with E-state index in [0.29, 0.717) is 5.69 Å². The normalized spacial score (nSPS) is 11.3. The molecule has 0 radical (unpaired) electrons. The molecular formula is C17H18BrNO3S. The molecule has 0 unspecified atom stereocenters. The van der Waals surface area contributed by atoms with Gasteiger partial charge in [0.1, 0.15) is 0 Å². The molecule has 2 aromatic carbocycles. The minimum absolute atomic E-state index is 0.0781. The van der Waals surface area contributed by atoms with Crippen LogP contribution in [0.4, 0.5) is 5.69 Å². The number of carbonyl (C=O) groups is 1. The summed E-state index contributed by atoms with van der Waals surface area (Å²) in [6, 6.07) is 12.0. The Morgan fingerprint density at radius 1 is 1.04 bits per heavy atom. The van der Waals surface area contributed by atoms with Crippen LogP contribution in [0, 0.1) is 13.8 Å². The largest absolute Gasteiger partial charge is 0.326 e. The third kappa shape index (κ3) is 4.91. The molecule has 0 aliphatic rings. The van der Waals surface area contributed by atoms with Crippen molar-refractivity contribution in [2.75, 3.05) is 11.1 Å². The van der Waals surface area contributed by atoms with Crippen molar-refractivity contribution in [1.29, 1.82) is 0 Å². The minimum atomic E-state index is -3.46. The lowest BCUT2D eigenvalue weighted by molar-refractivity contribution is -0.115. The molecule has 23 heavy (non-hydrogen) atoms. The highest BCUT2D eigenvalue weighted by Crippen LogP contribution is 2.17. The second-order valence-corrected chi connectivity index (χ2v) is 8.39. The van der Waals surface area contributed by atoms with E-state index in [4.69, 9.17) is 0 Å². The lowest BCUT2D eigenvalue weighted by Crippen LogP contribution is -2.17. The van der Waals surface area contributed by atoms with E-state index in [-0.39, 0.29) is 23.0 Å². The summed E-state index contributed by atoms with van der Waals surface area (Å²) in [4.78, 5) is 12.2. The van der Waals surface area contributed by atoms with E-state index < -0.39 is 9.84 Å². The lowest BCUT2D eigenvalue weighted by Gasteiger charge is -2.08. The average molecular weight is 396 g/mol. The van der Waals surface area contributed by atoms with Gasteiger partial charge in [0.05, 0.1) is 10.6 Å². The first kappa shape index (κ1) is 17.7. The van der Waals surface area contributed by atoms with Crippen molar-refractivity contribution in [3.8, 4) is 0 Å². The van der Waals surface area contributed by atoms with E-state index in [1.54, 1.807) is 12.1 Å². The summed E-state index contributed by atoms with van der Waals surface area (Å²) < 4.78 is 25.2. The van der Waals surface area contributed by atoms with Crippen LogP contribution < -0.4 is 5.32 Å². The van der Waals surface area contributed by atoms with Crippen LogP contribution in [-0.2, 0) is 14.6 Å². The summed E-state index contributed by atoms with van der Waals surface area (Å²) in [6.07, 6.45) is -0.0781. The summed E-state index contributed by atoms with van der Waals surface area (Å²) in [6.45, 7) is 3.95. The van der Waals surface area contributed by atoms with Gasteiger partial charge in [-0.3, -0.25) is 4.79 Å². The molecule has 0 heterocycles. The Morgan fingerprint density at radius 2 is 1.70 bits per heavy atom. The van der Waals surface area contributed by atoms with Crippen LogP contribution in [0.5, 0.6) is 0 Å². The first-order valence-corrected chi connectivity index (χ1v) is 9.58. The number of nitrogens with one attached hydrogen (secondary N) is 1. The van der Waals surface area contributed by atoms with Crippen molar-refractivity contribution in [2.24, 2.45) is 0 Å². The third-order valence-electron chi connectivity index (χ3n) is 3.56. The Balaban J connectivity index is 1.98. The predicted molar refractivity (Wildman–Crippen MR) is 95.4 cm³/mol. The molecule has 0 spiro atoms. The van der Waals surface area contributed by atoms with E-state index in [0.717, 1.165) is 15.6 Å². The number of benzene rings is 2. The summed E-state index contributed by atoms with van der Waals surface area (Å²) in [5, 5.41) is 2.73. The molecule has 0 aliphatic carbocycles. The van der Waals surface area contributed by atoms with Gasteiger partial charge < -0.3 is 5.32 Å². The van der Waals surface area contributed by atoms with Gasteiger partial charge in [0.2, 0.25) is 5.91 Å². The summed E-state index contributed by atoms with van der Waals surface area (Å²) >= 11 is 3.26. The van der Waals surface area contributed by atoms with Gasteiger partial charge in [-0.05, 0) is 61.4 Å². The molecule has 1 N–H and O–H groups in total. The number of hydrogen-bond donors (Lipinski definition) is 1. The smallest absolute Gasteiger partial charge is 0.225 e. The Morgan fingerprint density at radius 3 is 2.30 bits per heavy atom. The Hall–Kier alpha value is -1.66. The van der Waals surface area contributed by atoms with Gasteiger partial charge in [-0.2, -0.15) is 0 Å². The molecule has 122 valence electrons. The molecule has 0 aliphatic heterocycles. The average Bonchev–Trinajstić information content (AvgIpc) is 2.50. The van der Waals surface area contributed by atoms with Crippen molar-refractivity contribution >= 4 is 37.4 Å². The van der Waals surface area contributed by atoms with Crippen molar-refractivity contribution in [1.82, 2.24) is 0 Å². The van der Waals surface area contributed by atoms with Crippen LogP contribution in [-0.4, -0.2) is 20.1 Å². The zero-order valence-corrected chi connectivity index (χ0v) is 15.4. The number of aryl methyl sites for hydroxylation is 2. The molecular weight excluding hydrogens is 378 g/mol. The number of anilines is 1. The van der Waals surface area contributed by atoms with Crippen LogP contribution in [0.15, 0.2) is 51.8 Å². The SMILES string of the molecule is Cc1ccc(NC(=O)CCS(=O)(=O)c2ccc(Br)cc2)cc1C. The summed E-state index contributed by atoms with van der Waals surface area (Å²) in [5.41, 5.74) is 2.89. The maximum Gasteiger partial charge on any atom is 0.225 e. The minimum Gasteiger partial charge on any atom is -0.326 e. The van der Waals surface area contributed by atoms with Crippen LogP contribution in [0.3, 0.4) is 0 Å². The number of amides is 1. The number of halogens is 1. The molecule has 0 atom stereocenters. The standard InChI is InChI=1S/C17H18BrNO3S/c1-12-3-6-15(11-13(12)2)19-17(20)9-10-23(21,22)16-7-4-14(18)5-8-16/h3-8,11H,9-10H2,1-2H3,(H,19,20). The molecule has 0 fully saturated rings. The van der Waals surface area contributed by atoms with Gasteiger partial charge in [0.25, 0.3) is 0 Å². The van der Waals surface area contributed by atoms with Gasteiger partial charge >= 0.3 is 0 Å². The van der Waals surface area contributed by atoms with E-state index >= 15 is 0 Å². The molecule has 1 amide bonds. The molecule has 6 heteroatoms. The Bertz CT molecular complexity index is 814. The number of rotatable bonds is 5. The molecule has 2 aromatic rings. The highest BCUT2D eigenvalue weighted by atomic mass is 79.9. The maximum absolute atomic E-state index is 12.2. The quantitative estimate of drug-likeness (QED) is 0.835. The molecule has 2 rings (SSSR count). The van der Waals surface area contributed by atoms with E-state index in [9.17, 15) is 13.2 Å². The van der Waals surface area contributed by atoms with Crippen LogP contribution >= 0.6 is 15.9 Å². The Labute approximate surface area is 145 Å². The first-order chi connectivity index (χ1) is 10.8. The monoisotopic (exact) mass is 395 g/mol. The first-order valence-electron chi connectivity index (χ1n) is 7.13. The summed E-state index contributed by atoms with van der Waals surface area (Å²) in [5.74, 6) is -0.528. The predicted octanol–water partition coefficient (Wildman–Crippen LogP) is 3.87. The summed E-state index contributed by atoms with van der Waals surface area (Å²) in [7, 11) is -3.46. The van der Waals surface area contributed by atoms with Crippen LogP contribution in [0.1, 0.15) is 17.5 Å². The second kappa shape index (κ2) is 7.27. The molecule has 4 nitrogen and oxygen atoms in total. The molecule has 0 saturated carbocycles. The van der Waals surface area contributed by atoms with Gasteiger partial charge in [-0.25, -0.2) is 8.42 Å². The Kier molecular flexibility index (Phi) is 5.59. The lowest BCUT2D eigenvalue weighted by atomic mass is 10.1. The van der Waals surface area contributed by atoms with E-state index in [2.05, 4.69) is 21.2 Å². The molecule has 0 bridgehead atoms. The number of hydrogen-bond acceptors (Lipinski definition) is 3. The zero-order chi connectivity index (χ0) is 17.0. The van der Waals surface area contributed by atoms with E-state index in [1.807, 2.05) is 32.0 Å². The van der Waals surface area contributed by atoms with Gasteiger partial charge in [0.15, 0.2) is 9.84 Å². The highest BCUT2D eigenvalue weighted by Gasteiger charge is 2.16. The fraction of sp³-hybridized carbons (Fsp3) is 0.235. The van der Waals surface area contributed by atoms with Crippen molar-refractivity contribution < 1.29 is 13.2 Å².